The smallest absolute Gasteiger partial charge is 0.356 e. The van der Waals surface area contributed by atoms with Crippen LogP contribution in [0.15, 0.2) is 6.07 Å². The lowest BCUT2D eigenvalue weighted by Gasteiger charge is -2.00. The highest BCUT2D eigenvalue weighted by Crippen LogP contribution is 1.94. The molecule has 12 heavy (non-hydrogen) atoms. The highest BCUT2D eigenvalue weighted by molar-refractivity contribution is 6.30. The summed E-state index contributed by atoms with van der Waals surface area (Å²) in [7, 11) is 6.68. The molecule has 0 amide bonds. The summed E-state index contributed by atoms with van der Waals surface area (Å²) in [5.41, 5.74) is 0.449. The van der Waals surface area contributed by atoms with Crippen LogP contribution in [0.5, 0.6) is 0 Å². The quantitative estimate of drug-likeness (QED) is 0.407. The van der Waals surface area contributed by atoms with Gasteiger partial charge in [-0.05, 0) is 18.6 Å². The SMILES string of the molecule is [B]c1cc(C(=O)OC)nc(C)n1. The van der Waals surface area contributed by atoms with Crippen LogP contribution in [0.1, 0.15) is 16.3 Å². The van der Waals surface area contributed by atoms with E-state index in [1.165, 1.54) is 13.2 Å². The fraction of sp³-hybridized carbons (Fsp3) is 0.286. The minimum atomic E-state index is -0.507. The van der Waals surface area contributed by atoms with Gasteiger partial charge in [0.15, 0.2) is 5.69 Å². The topological polar surface area (TPSA) is 52.1 Å². The van der Waals surface area contributed by atoms with Crippen molar-refractivity contribution in [3.05, 3.63) is 17.6 Å². The van der Waals surface area contributed by atoms with Crippen LogP contribution in [-0.2, 0) is 4.74 Å². The Kier molecular flexibility index (Phi) is 2.42. The molecule has 0 N–H and O–H groups in total. The van der Waals surface area contributed by atoms with E-state index in [-0.39, 0.29) is 11.3 Å². The van der Waals surface area contributed by atoms with E-state index in [4.69, 9.17) is 7.85 Å². The summed E-state index contributed by atoms with van der Waals surface area (Å²) in [6, 6.07) is 1.37. The van der Waals surface area contributed by atoms with Crippen molar-refractivity contribution >= 4 is 19.4 Å². The third-order valence-electron chi connectivity index (χ3n) is 1.25. The predicted octanol–water partition coefficient (Wildman–Crippen LogP) is -0.635. The first-order valence-corrected chi connectivity index (χ1v) is 3.33. The molecule has 0 fully saturated rings. The van der Waals surface area contributed by atoms with Gasteiger partial charge in [0.25, 0.3) is 0 Å². The van der Waals surface area contributed by atoms with Gasteiger partial charge in [-0.1, -0.05) is 0 Å². The summed E-state index contributed by atoms with van der Waals surface area (Å²) in [6.45, 7) is 1.66. The number of methoxy groups -OCH3 is 1. The molecule has 0 aromatic carbocycles. The number of ether oxygens (including phenoxy) is 1. The van der Waals surface area contributed by atoms with Crippen molar-refractivity contribution in [3.63, 3.8) is 0 Å². The third-order valence-corrected chi connectivity index (χ3v) is 1.25. The van der Waals surface area contributed by atoms with Gasteiger partial charge in [-0.2, -0.15) is 0 Å². The average molecular weight is 162 g/mol. The molecule has 4 nitrogen and oxygen atoms in total. The standard InChI is InChI=1S/C7H7BN2O2/c1-4-9-5(7(11)12-2)3-6(8)10-4/h3H,1-2H3. The second-order valence-corrected chi connectivity index (χ2v) is 2.22. The van der Waals surface area contributed by atoms with Crippen molar-refractivity contribution in [2.24, 2.45) is 0 Å². The largest absolute Gasteiger partial charge is 0.464 e. The van der Waals surface area contributed by atoms with Gasteiger partial charge in [-0.15, -0.1) is 0 Å². The van der Waals surface area contributed by atoms with Gasteiger partial charge in [0.1, 0.15) is 13.7 Å². The molecule has 0 bridgehead atoms. The molecular weight excluding hydrogens is 155 g/mol. The number of rotatable bonds is 1. The second-order valence-electron chi connectivity index (χ2n) is 2.22. The van der Waals surface area contributed by atoms with E-state index in [1.54, 1.807) is 6.92 Å². The van der Waals surface area contributed by atoms with Crippen molar-refractivity contribution in [1.29, 1.82) is 0 Å². The normalized spacial score (nSPS) is 9.50. The molecule has 0 atom stereocenters. The van der Waals surface area contributed by atoms with E-state index >= 15 is 0 Å². The minimum absolute atomic E-state index is 0.183. The van der Waals surface area contributed by atoms with Gasteiger partial charge in [0, 0.05) is 0 Å². The zero-order valence-electron chi connectivity index (χ0n) is 6.87. The summed E-state index contributed by atoms with van der Waals surface area (Å²) >= 11 is 0. The van der Waals surface area contributed by atoms with Crippen LogP contribution < -0.4 is 5.59 Å². The third kappa shape index (κ3) is 1.81. The van der Waals surface area contributed by atoms with Crippen LogP contribution in [-0.4, -0.2) is 30.9 Å². The molecule has 1 rings (SSSR count). The number of hydrogen-bond acceptors (Lipinski definition) is 4. The molecule has 0 saturated heterocycles. The maximum Gasteiger partial charge on any atom is 0.356 e. The highest BCUT2D eigenvalue weighted by atomic mass is 16.5. The van der Waals surface area contributed by atoms with Crippen LogP contribution in [0.4, 0.5) is 0 Å². The van der Waals surface area contributed by atoms with Gasteiger partial charge in [0.05, 0.1) is 7.11 Å². The minimum Gasteiger partial charge on any atom is -0.464 e. The Labute approximate surface area is 71.4 Å². The van der Waals surface area contributed by atoms with Gasteiger partial charge in [-0.25, -0.2) is 14.8 Å². The number of esters is 1. The maximum absolute atomic E-state index is 10.9. The Morgan fingerprint density at radius 3 is 2.75 bits per heavy atom. The fourth-order valence-corrected chi connectivity index (χ4v) is 0.800. The molecule has 0 unspecified atom stereocenters. The molecule has 2 radical (unpaired) electrons. The van der Waals surface area contributed by atoms with Gasteiger partial charge < -0.3 is 4.74 Å². The fourth-order valence-electron chi connectivity index (χ4n) is 0.800. The van der Waals surface area contributed by atoms with Gasteiger partial charge in [-0.3, -0.25) is 0 Å². The van der Waals surface area contributed by atoms with Gasteiger partial charge >= 0.3 is 5.97 Å². The van der Waals surface area contributed by atoms with Crippen molar-refractivity contribution in [1.82, 2.24) is 9.97 Å². The first-order valence-electron chi connectivity index (χ1n) is 3.33. The van der Waals surface area contributed by atoms with Crippen LogP contribution in [0.2, 0.25) is 0 Å². The lowest BCUT2D eigenvalue weighted by atomic mass is 10.0. The van der Waals surface area contributed by atoms with Crippen molar-refractivity contribution in [2.75, 3.05) is 7.11 Å². The zero-order chi connectivity index (χ0) is 9.14. The average Bonchev–Trinajstić information content (AvgIpc) is 2.01. The number of carbonyl (C=O) groups is 1. The first-order chi connectivity index (χ1) is 5.63. The molecule has 5 heteroatoms. The van der Waals surface area contributed by atoms with Crippen molar-refractivity contribution in [3.8, 4) is 0 Å². The Hall–Kier alpha value is -1.39. The number of aromatic nitrogens is 2. The molecule has 1 aromatic heterocycles. The highest BCUT2D eigenvalue weighted by Gasteiger charge is 2.07. The Balaban J connectivity index is 3.08. The number of hydrogen-bond donors (Lipinski definition) is 0. The Bertz CT molecular complexity index is 294. The van der Waals surface area contributed by atoms with E-state index in [2.05, 4.69) is 14.7 Å². The maximum atomic E-state index is 10.9. The summed E-state index contributed by atoms with van der Waals surface area (Å²) < 4.78 is 4.46. The summed E-state index contributed by atoms with van der Waals surface area (Å²) in [4.78, 5) is 18.6. The van der Waals surface area contributed by atoms with E-state index in [1.807, 2.05) is 0 Å². The van der Waals surface area contributed by atoms with Crippen LogP contribution in [0.3, 0.4) is 0 Å². The zero-order valence-corrected chi connectivity index (χ0v) is 6.87. The molecule has 0 saturated carbocycles. The number of aryl methyl sites for hydroxylation is 1. The first kappa shape index (κ1) is 8.71. The molecule has 0 spiro atoms. The van der Waals surface area contributed by atoms with Crippen LogP contribution in [0.25, 0.3) is 0 Å². The Morgan fingerprint density at radius 2 is 2.25 bits per heavy atom. The lowest BCUT2D eigenvalue weighted by Crippen LogP contribution is -2.16. The van der Waals surface area contributed by atoms with E-state index in [0.717, 1.165) is 0 Å². The van der Waals surface area contributed by atoms with Crippen LogP contribution in [0, 0.1) is 6.92 Å². The van der Waals surface area contributed by atoms with E-state index < -0.39 is 5.97 Å². The second kappa shape index (κ2) is 3.34. The lowest BCUT2D eigenvalue weighted by molar-refractivity contribution is 0.0593. The Morgan fingerprint density at radius 1 is 1.58 bits per heavy atom. The molecule has 60 valence electrons. The summed E-state index contributed by atoms with van der Waals surface area (Å²) in [5, 5.41) is 0. The van der Waals surface area contributed by atoms with E-state index in [0.29, 0.717) is 5.82 Å². The van der Waals surface area contributed by atoms with Crippen molar-refractivity contribution in [2.45, 2.75) is 6.92 Å². The number of nitrogens with zero attached hydrogens (tertiary/aromatic N) is 2. The number of carbonyl (C=O) groups excluding carboxylic acids is 1. The van der Waals surface area contributed by atoms with Crippen molar-refractivity contribution < 1.29 is 9.53 Å². The van der Waals surface area contributed by atoms with Gasteiger partial charge in [0.2, 0.25) is 0 Å². The molecule has 1 heterocycles. The molecular formula is C7H7BN2O2. The summed E-state index contributed by atoms with van der Waals surface area (Å²) in [6.07, 6.45) is 0. The summed E-state index contributed by atoms with van der Waals surface area (Å²) in [5.74, 6) is -0.0531. The van der Waals surface area contributed by atoms with Crippen LogP contribution >= 0.6 is 0 Å². The van der Waals surface area contributed by atoms with E-state index in [9.17, 15) is 4.79 Å². The monoisotopic (exact) mass is 162 g/mol. The predicted molar refractivity (Wildman–Crippen MR) is 43.5 cm³/mol. The molecule has 0 aliphatic rings. The molecule has 0 aliphatic heterocycles. The molecule has 0 aliphatic carbocycles. The molecule has 1 aromatic rings.